The molecule has 110 valence electrons. The molecular formula is C14H21N3O3. The quantitative estimate of drug-likeness (QED) is 0.632. The van der Waals surface area contributed by atoms with Gasteiger partial charge in [0.2, 0.25) is 0 Å². The fourth-order valence-electron chi connectivity index (χ4n) is 2.50. The van der Waals surface area contributed by atoms with Crippen LogP contribution in [0.2, 0.25) is 0 Å². The molecule has 1 aromatic carbocycles. The Kier molecular flexibility index (Phi) is 4.57. The fraction of sp³-hybridized carbons (Fsp3) is 0.571. The molecule has 0 saturated carbocycles. The van der Waals surface area contributed by atoms with Crippen LogP contribution in [0.5, 0.6) is 5.75 Å². The summed E-state index contributed by atoms with van der Waals surface area (Å²) >= 11 is 0. The predicted octanol–water partition coefficient (Wildman–Crippen LogP) is 1.64. The number of rotatable bonds is 6. The first-order chi connectivity index (χ1) is 9.54. The SMILES string of the molecule is CC1(CN)CCN(CCOc2ccccc2[N+](=O)[O-])C1. The lowest BCUT2D eigenvalue weighted by molar-refractivity contribution is -0.385. The summed E-state index contributed by atoms with van der Waals surface area (Å²) in [6.07, 6.45) is 1.09. The minimum atomic E-state index is -0.420. The second-order valence-corrected chi connectivity index (χ2v) is 5.61. The number of hydrogen-bond acceptors (Lipinski definition) is 5. The Hall–Kier alpha value is -1.66. The molecule has 1 unspecified atom stereocenters. The first kappa shape index (κ1) is 14.7. The molecule has 2 N–H and O–H groups in total. The van der Waals surface area contributed by atoms with Crippen molar-refractivity contribution in [1.82, 2.24) is 4.90 Å². The van der Waals surface area contributed by atoms with E-state index in [1.807, 2.05) is 0 Å². The van der Waals surface area contributed by atoms with E-state index in [4.69, 9.17) is 10.5 Å². The second-order valence-electron chi connectivity index (χ2n) is 5.61. The van der Waals surface area contributed by atoms with Crippen LogP contribution in [0, 0.1) is 15.5 Å². The molecule has 6 heteroatoms. The zero-order chi connectivity index (χ0) is 14.6. The van der Waals surface area contributed by atoms with Crippen LogP contribution in [0.1, 0.15) is 13.3 Å². The maximum absolute atomic E-state index is 10.9. The molecular weight excluding hydrogens is 258 g/mol. The third kappa shape index (κ3) is 3.46. The number of nitrogens with zero attached hydrogens (tertiary/aromatic N) is 2. The second kappa shape index (κ2) is 6.19. The minimum absolute atomic E-state index is 0.0146. The van der Waals surface area contributed by atoms with Gasteiger partial charge in [0.1, 0.15) is 6.61 Å². The number of hydrogen-bond donors (Lipinski definition) is 1. The van der Waals surface area contributed by atoms with E-state index in [0.717, 1.165) is 26.1 Å². The minimum Gasteiger partial charge on any atom is -0.485 e. The van der Waals surface area contributed by atoms with Gasteiger partial charge in [0.15, 0.2) is 5.75 Å². The number of benzene rings is 1. The van der Waals surface area contributed by atoms with Crippen molar-refractivity contribution in [2.24, 2.45) is 11.1 Å². The van der Waals surface area contributed by atoms with Gasteiger partial charge in [0.05, 0.1) is 4.92 Å². The van der Waals surface area contributed by atoms with Crippen LogP contribution in [-0.4, -0.2) is 42.6 Å². The van der Waals surface area contributed by atoms with Crippen LogP contribution in [0.3, 0.4) is 0 Å². The van der Waals surface area contributed by atoms with Crippen molar-refractivity contribution >= 4 is 5.69 Å². The number of nitro groups is 1. The van der Waals surface area contributed by atoms with E-state index in [2.05, 4.69) is 11.8 Å². The van der Waals surface area contributed by atoms with Crippen LogP contribution >= 0.6 is 0 Å². The van der Waals surface area contributed by atoms with Gasteiger partial charge in [-0.1, -0.05) is 19.1 Å². The highest BCUT2D eigenvalue weighted by Gasteiger charge is 2.32. The summed E-state index contributed by atoms with van der Waals surface area (Å²) in [5, 5.41) is 10.9. The smallest absolute Gasteiger partial charge is 0.310 e. The molecule has 0 bridgehead atoms. The summed E-state index contributed by atoms with van der Waals surface area (Å²) in [5.41, 5.74) is 5.98. The molecule has 0 radical (unpaired) electrons. The molecule has 1 aliphatic heterocycles. The van der Waals surface area contributed by atoms with Gasteiger partial charge < -0.3 is 10.5 Å². The number of nitrogens with two attached hydrogens (primary N) is 1. The van der Waals surface area contributed by atoms with Crippen molar-refractivity contribution in [3.05, 3.63) is 34.4 Å². The van der Waals surface area contributed by atoms with Gasteiger partial charge in [0.25, 0.3) is 0 Å². The van der Waals surface area contributed by atoms with Gasteiger partial charge >= 0.3 is 5.69 Å². The van der Waals surface area contributed by atoms with Crippen molar-refractivity contribution in [3.8, 4) is 5.75 Å². The van der Waals surface area contributed by atoms with E-state index in [1.54, 1.807) is 18.2 Å². The summed E-state index contributed by atoms with van der Waals surface area (Å²) in [7, 11) is 0. The van der Waals surface area contributed by atoms with Crippen LogP contribution in [-0.2, 0) is 0 Å². The van der Waals surface area contributed by atoms with E-state index in [1.165, 1.54) is 6.07 Å². The molecule has 1 heterocycles. The molecule has 20 heavy (non-hydrogen) atoms. The van der Waals surface area contributed by atoms with Gasteiger partial charge in [-0.3, -0.25) is 15.0 Å². The average molecular weight is 279 g/mol. The normalized spacial score (nSPS) is 22.9. The first-order valence-corrected chi connectivity index (χ1v) is 6.83. The van der Waals surface area contributed by atoms with E-state index >= 15 is 0 Å². The highest BCUT2D eigenvalue weighted by molar-refractivity contribution is 5.45. The third-order valence-electron chi connectivity index (χ3n) is 3.86. The Morgan fingerprint density at radius 2 is 2.25 bits per heavy atom. The summed E-state index contributed by atoms with van der Waals surface area (Å²) in [4.78, 5) is 12.7. The van der Waals surface area contributed by atoms with Crippen molar-refractivity contribution in [2.75, 3.05) is 32.8 Å². The Balaban J connectivity index is 1.84. The van der Waals surface area contributed by atoms with Gasteiger partial charge in [-0.15, -0.1) is 0 Å². The van der Waals surface area contributed by atoms with E-state index < -0.39 is 4.92 Å². The van der Waals surface area contributed by atoms with Crippen molar-refractivity contribution in [1.29, 1.82) is 0 Å². The maximum Gasteiger partial charge on any atom is 0.310 e. The predicted molar refractivity (Wildman–Crippen MR) is 76.8 cm³/mol. The van der Waals surface area contributed by atoms with Crippen molar-refractivity contribution in [2.45, 2.75) is 13.3 Å². The summed E-state index contributed by atoms with van der Waals surface area (Å²) in [5.74, 6) is 0.332. The lowest BCUT2D eigenvalue weighted by atomic mass is 9.90. The molecule has 1 fully saturated rings. The Bertz CT molecular complexity index is 480. The summed E-state index contributed by atoms with van der Waals surface area (Å²) in [6, 6.07) is 6.46. The van der Waals surface area contributed by atoms with Crippen molar-refractivity contribution in [3.63, 3.8) is 0 Å². The fourth-order valence-corrected chi connectivity index (χ4v) is 2.50. The van der Waals surface area contributed by atoms with Crippen LogP contribution in [0.4, 0.5) is 5.69 Å². The molecule has 0 aromatic heterocycles. The molecule has 1 aliphatic rings. The summed E-state index contributed by atoms with van der Waals surface area (Å²) < 4.78 is 5.55. The Morgan fingerprint density at radius 1 is 1.50 bits per heavy atom. The third-order valence-corrected chi connectivity index (χ3v) is 3.86. The van der Waals surface area contributed by atoms with Crippen LogP contribution in [0.15, 0.2) is 24.3 Å². The molecule has 2 rings (SSSR count). The molecule has 0 spiro atoms. The Labute approximate surface area is 118 Å². The molecule has 6 nitrogen and oxygen atoms in total. The monoisotopic (exact) mass is 279 g/mol. The largest absolute Gasteiger partial charge is 0.485 e. The average Bonchev–Trinajstić information content (AvgIpc) is 2.82. The topological polar surface area (TPSA) is 81.6 Å². The van der Waals surface area contributed by atoms with Gasteiger partial charge in [-0.05, 0) is 31.0 Å². The van der Waals surface area contributed by atoms with Gasteiger partial charge in [-0.25, -0.2) is 0 Å². The maximum atomic E-state index is 10.9. The molecule has 0 aliphatic carbocycles. The summed E-state index contributed by atoms with van der Waals surface area (Å²) in [6.45, 7) is 6.06. The van der Waals surface area contributed by atoms with Crippen molar-refractivity contribution < 1.29 is 9.66 Å². The van der Waals surface area contributed by atoms with Crippen LogP contribution in [0.25, 0.3) is 0 Å². The van der Waals surface area contributed by atoms with Crippen LogP contribution < -0.4 is 10.5 Å². The van der Waals surface area contributed by atoms with Gasteiger partial charge in [0, 0.05) is 19.2 Å². The molecule has 1 atom stereocenters. The molecule has 0 amide bonds. The first-order valence-electron chi connectivity index (χ1n) is 6.83. The van der Waals surface area contributed by atoms with Gasteiger partial charge in [-0.2, -0.15) is 0 Å². The lowest BCUT2D eigenvalue weighted by Crippen LogP contribution is -2.33. The van der Waals surface area contributed by atoms with E-state index in [9.17, 15) is 10.1 Å². The molecule has 1 saturated heterocycles. The highest BCUT2D eigenvalue weighted by Crippen LogP contribution is 2.29. The zero-order valence-electron chi connectivity index (χ0n) is 11.7. The van der Waals surface area contributed by atoms with E-state index in [0.29, 0.717) is 18.9 Å². The molecule has 1 aromatic rings. The number of ether oxygens (including phenoxy) is 1. The Morgan fingerprint density at radius 3 is 2.90 bits per heavy atom. The number of nitro benzene ring substituents is 1. The number of para-hydroxylation sites is 2. The standard InChI is InChI=1S/C14H21N3O3/c1-14(10-15)6-7-16(11-14)8-9-20-13-5-3-2-4-12(13)17(18)19/h2-5H,6-11,15H2,1H3. The van der Waals surface area contributed by atoms with E-state index in [-0.39, 0.29) is 11.1 Å². The zero-order valence-corrected chi connectivity index (χ0v) is 11.7. The number of likely N-dealkylation sites (tertiary alicyclic amines) is 1. The lowest BCUT2D eigenvalue weighted by Gasteiger charge is -2.22. The highest BCUT2D eigenvalue weighted by atomic mass is 16.6.